The van der Waals surface area contributed by atoms with E-state index in [0.29, 0.717) is 17.1 Å². The third kappa shape index (κ3) is 4.21. The van der Waals surface area contributed by atoms with Crippen LogP contribution in [0.25, 0.3) is 10.2 Å². The number of aromatic nitrogens is 2. The Morgan fingerprint density at radius 2 is 2.04 bits per heavy atom. The van der Waals surface area contributed by atoms with Crippen LogP contribution in [0.5, 0.6) is 5.75 Å². The molecule has 1 aliphatic carbocycles. The molecular formula is C21H22N2O3S2. The normalized spacial score (nSPS) is 14.6. The molecule has 2 aromatic heterocycles. The van der Waals surface area contributed by atoms with Gasteiger partial charge < -0.3 is 9.84 Å². The molecule has 0 spiro atoms. The molecule has 0 aliphatic heterocycles. The minimum absolute atomic E-state index is 0.0229. The molecular weight excluding hydrogens is 392 g/mol. The van der Waals surface area contributed by atoms with E-state index in [1.165, 1.54) is 35.6 Å². The maximum absolute atomic E-state index is 11.3. The van der Waals surface area contributed by atoms with Crippen molar-refractivity contribution in [1.82, 2.24) is 9.97 Å². The summed E-state index contributed by atoms with van der Waals surface area (Å²) >= 11 is 3.34. The number of fused-ring (bicyclic) bond motifs is 3. The van der Waals surface area contributed by atoms with Gasteiger partial charge in [0, 0.05) is 21.6 Å². The van der Waals surface area contributed by atoms with Crippen molar-refractivity contribution < 1.29 is 14.6 Å². The Morgan fingerprint density at radius 3 is 2.82 bits per heavy atom. The maximum Gasteiger partial charge on any atom is 0.159 e. The summed E-state index contributed by atoms with van der Waals surface area (Å²) < 4.78 is 5.65. The van der Waals surface area contributed by atoms with E-state index < -0.39 is 6.10 Å². The van der Waals surface area contributed by atoms with Crippen LogP contribution in [0.4, 0.5) is 0 Å². The second-order valence-corrected chi connectivity index (χ2v) is 9.02. The number of hydrogen-bond donors (Lipinski definition) is 1. The second kappa shape index (κ2) is 8.59. The number of ketones is 1. The van der Waals surface area contributed by atoms with Crippen LogP contribution in [0.2, 0.25) is 0 Å². The fraction of sp³-hybridized carbons (Fsp3) is 0.381. The molecule has 7 heteroatoms. The highest BCUT2D eigenvalue weighted by molar-refractivity contribution is 7.99. The molecule has 0 radical (unpaired) electrons. The van der Waals surface area contributed by atoms with E-state index in [1.54, 1.807) is 53.7 Å². The van der Waals surface area contributed by atoms with E-state index in [9.17, 15) is 9.90 Å². The minimum atomic E-state index is -0.614. The number of hydrogen-bond acceptors (Lipinski definition) is 7. The van der Waals surface area contributed by atoms with Gasteiger partial charge in [0.2, 0.25) is 0 Å². The molecule has 5 nitrogen and oxygen atoms in total. The average Bonchev–Trinajstić information content (AvgIpc) is 3.10. The summed E-state index contributed by atoms with van der Waals surface area (Å²) in [6.07, 6.45) is 5.71. The summed E-state index contributed by atoms with van der Waals surface area (Å²) in [4.78, 5) is 22.7. The SMILES string of the molecule is CC(=O)c1ccc(OC[C@H](O)CSc2ncnc3sc4c(c23)CCCC4)cc1. The fourth-order valence-corrected chi connectivity index (χ4v) is 5.60. The Kier molecular flexibility index (Phi) is 5.94. The Labute approximate surface area is 172 Å². The number of ether oxygens (including phenoxy) is 1. The van der Waals surface area contributed by atoms with Gasteiger partial charge in [0.05, 0.1) is 6.10 Å². The van der Waals surface area contributed by atoms with Gasteiger partial charge in [-0.15, -0.1) is 23.1 Å². The molecule has 0 amide bonds. The number of carbonyl (C=O) groups is 1. The number of aliphatic hydroxyl groups excluding tert-OH is 1. The molecule has 1 N–H and O–H groups in total. The van der Waals surface area contributed by atoms with Crippen molar-refractivity contribution in [3.05, 3.63) is 46.6 Å². The van der Waals surface area contributed by atoms with Crippen molar-refractivity contribution in [1.29, 1.82) is 0 Å². The standard InChI is InChI=1S/C21H22N2O3S2/c1-13(24)14-6-8-16(9-7-14)26-10-15(25)11-27-20-19-17-4-2-3-5-18(17)28-21(19)23-12-22-20/h6-9,12,15,25H,2-5,10-11H2,1H3/t15-/m0/s1. The van der Waals surface area contributed by atoms with Gasteiger partial charge in [-0.2, -0.15) is 0 Å². The topological polar surface area (TPSA) is 72.3 Å². The highest BCUT2D eigenvalue weighted by atomic mass is 32.2. The Morgan fingerprint density at radius 1 is 1.25 bits per heavy atom. The van der Waals surface area contributed by atoms with Gasteiger partial charge in [0.25, 0.3) is 0 Å². The summed E-state index contributed by atoms with van der Waals surface area (Å²) in [7, 11) is 0. The number of aryl methyl sites for hydroxylation is 2. The maximum atomic E-state index is 11.3. The average molecular weight is 415 g/mol. The van der Waals surface area contributed by atoms with Crippen LogP contribution in [0.3, 0.4) is 0 Å². The third-order valence-corrected chi connectivity index (χ3v) is 7.17. The number of thioether (sulfide) groups is 1. The monoisotopic (exact) mass is 414 g/mol. The zero-order chi connectivity index (χ0) is 19.5. The van der Waals surface area contributed by atoms with Gasteiger partial charge in [-0.1, -0.05) is 0 Å². The predicted molar refractivity (Wildman–Crippen MR) is 113 cm³/mol. The van der Waals surface area contributed by atoms with Crippen molar-refractivity contribution in [3.8, 4) is 5.75 Å². The molecule has 2 heterocycles. The molecule has 0 bridgehead atoms. The summed E-state index contributed by atoms with van der Waals surface area (Å²) in [6.45, 7) is 1.73. The molecule has 1 aromatic carbocycles. The van der Waals surface area contributed by atoms with Crippen LogP contribution in [-0.4, -0.2) is 39.3 Å². The Bertz CT molecular complexity index is 985. The zero-order valence-electron chi connectivity index (χ0n) is 15.7. The quantitative estimate of drug-likeness (QED) is 0.353. The third-order valence-electron chi connectivity index (χ3n) is 4.83. The van der Waals surface area contributed by atoms with Crippen LogP contribution in [0.15, 0.2) is 35.6 Å². The molecule has 0 saturated heterocycles. The Hall–Kier alpha value is -1.96. The van der Waals surface area contributed by atoms with E-state index in [2.05, 4.69) is 9.97 Å². The summed E-state index contributed by atoms with van der Waals surface area (Å²) in [5.41, 5.74) is 2.06. The van der Waals surface area contributed by atoms with E-state index in [4.69, 9.17) is 4.74 Å². The van der Waals surface area contributed by atoms with Gasteiger partial charge in [-0.05, 0) is 62.4 Å². The minimum Gasteiger partial charge on any atom is -0.491 e. The second-order valence-electron chi connectivity index (χ2n) is 6.93. The summed E-state index contributed by atoms with van der Waals surface area (Å²) in [5, 5.41) is 12.5. The smallest absolute Gasteiger partial charge is 0.159 e. The molecule has 0 fully saturated rings. The molecule has 146 valence electrons. The first-order valence-corrected chi connectivity index (χ1v) is 11.2. The lowest BCUT2D eigenvalue weighted by Gasteiger charge is -2.13. The molecule has 0 unspecified atom stereocenters. The van der Waals surface area contributed by atoms with Crippen LogP contribution in [0.1, 0.15) is 40.6 Å². The highest BCUT2D eigenvalue weighted by Gasteiger charge is 2.20. The van der Waals surface area contributed by atoms with E-state index >= 15 is 0 Å². The van der Waals surface area contributed by atoms with Gasteiger partial charge in [0.15, 0.2) is 5.78 Å². The number of carbonyl (C=O) groups excluding carboxylic acids is 1. The van der Waals surface area contributed by atoms with E-state index in [1.807, 2.05) is 0 Å². The van der Waals surface area contributed by atoms with Crippen molar-refractivity contribution in [2.24, 2.45) is 0 Å². The van der Waals surface area contributed by atoms with Gasteiger partial charge >= 0.3 is 0 Å². The molecule has 28 heavy (non-hydrogen) atoms. The number of nitrogens with zero attached hydrogens (tertiary/aromatic N) is 2. The molecule has 1 atom stereocenters. The molecule has 4 rings (SSSR count). The summed E-state index contributed by atoms with van der Waals surface area (Å²) in [5.74, 6) is 1.17. The number of rotatable bonds is 7. The Balaban J connectivity index is 1.37. The molecule has 0 saturated carbocycles. The van der Waals surface area contributed by atoms with Gasteiger partial charge in [0.1, 0.15) is 28.5 Å². The lowest BCUT2D eigenvalue weighted by Crippen LogP contribution is -2.20. The van der Waals surface area contributed by atoms with Crippen molar-refractivity contribution in [2.75, 3.05) is 12.4 Å². The zero-order valence-corrected chi connectivity index (χ0v) is 17.3. The first kappa shape index (κ1) is 19.4. The van der Waals surface area contributed by atoms with Crippen molar-refractivity contribution in [3.63, 3.8) is 0 Å². The highest BCUT2D eigenvalue weighted by Crippen LogP contribution is 2.39. The van der Waals surface area contributed by atoms with E-state index in [-0.39, 0.29) is 12.4 Å². The first-order valence-electron chi connectivity index (χ1n) is 9.41. The predicted octanol–water partition coefficient (Wildman–Crippen LogP) is 4.30. The van der Waals surface area contributed by atoms with Gasteiger partial charge in [-0.3, -0.25) is 4.79 Å². The molecule has 1 aliphatic rings. The van der Waals surface area contributed by atoms with Crippen LogP contribution < -0.4 is 4.74 Å². The van der Waals surface area contributed by atoms with Gasteiger partial charge in [-0.25, -0.2) is 9.97 Å². The number of benzene rings is 1. The van der Waals surface area contributed by atoms with Crippen molar-refractivity contribution >= 4 is 39.1 Å². The van der Waals surface area contributed by atoms with E-state index in [0.717, 1.165) is 22.7 Å². The lowest BCUT2D eigenvalue weighted by molar-refractivity contribution is 0.101. The lowest BCUT2D eigenvalue weighted by atomic mass is 9.97. The largest absolute Gasteiger partial charge is 0.491 e. The summed E-state index contributed by atoms with van der Waals surface area (Å²) in [6, 6.07) is 6.97. The number of aliphatic hydroxyl groups is 1. The van der Waals surface area contributed by atoms with Crippen molar-refractivity contribution in [2.45, 2.75) is 43.7 Å². The first-order chi connectivity index (χ1) is 13.6. The van der Waals surface area contributed by atoms with Crippen LogP contribution in [0, 0.1) is 0 Å². The van der Waals surface area contributed by atoms with Crippen LogP contribution >= 0.6 is 23.1 Å². The number of Topliss-reactive ketones (excluding diaryl/α,β-unsaturated/α-hetero) is 1. The fourth-order valence-electron chi connectivity index (χ4n) is 3.37. The number of thiophene rings is 1. The molecule has 3 aromatic rings. The van der Waals surface area contributed by atoms with Crippen LogP contribution in [-0.2, 0) is 12.8 Å².